The molecule has 0 aliphatic carbocycles. The van der Waals surface area contributed by atoms with Gasteiger partial charge in [-0.2, -0.15) is 0 Å². The summed E-state index contributed by atoms with van der Waals surface area (Å²) >= 11 is 0. The maximum absolute atomic E-state index is 13.3. The molecule has 0 spiro atoms. The Kier molecular flexibility index (Phi) is 7.52. The number of amides is 3. The zero-order chi connectivity index (χ0) is 22.9. The van der Waals surface area contributed by atoms with Crippen LogP contribution in [0, 0.1) is 12.7 Å². The van der Waals surface area contributed by atoms with Gasteiger partial charge in [0, 0.05) is 31.5 Å². The van der Waals surface area contributed by atoms with Crippen molar-refractivity contribution < 1.29 is 18.8 Å². The SMILES string of the molecule is Cc1cc(CNC(=O)c2cc(C(=O)NCC(=O)NCc3ccncc3)ncn2)ccc1F. The first kappa shape index (κ1) is 22.5. The van der Waals surface area contributed by atoms with E-state index in [9.17, 15) is 18.8 Å². The average molecular weight is 436 g/mol. The summed E-state index contributed by atoms with van der Waals surface area (Å²) in [7, 11) is 0. The van der Waals surface area contributed by atoms with Crippen LogP contribution in [0.25, 0.3) is 0 Å². The van der Waals surface area contributed by atoms with Crippen molar-refractivity contribution in [2.75, 3.05) is 6.54 Å². The van der Waals surface area contributed by atoms with Crippen LogP contribution in [0.15, 0.2) is 55.1 Å². The van der Waals surface area contributed by atoms with Gasteiger partial charge in [0.05, 0.1) is 6.54 Å². The second-order valence-electron chi connectivity index (χ2n) is 6.87. The average Bonchev–Trinajstić information content (AvgIpc) is 2.82. The van der Waals surface area contributed by atoms with Gasteiger partial charge in [-0.05, 0) is 41.8 Å². The van der Waals surface area contributed by atoms with Crippen LogP contribution in [0.2, 0.25) is 0 Å². The lowest BCUT2D eigenvalue weighted by Gasteiger charge is -2.08. The highest BCUT2D eigenvalue weighted by molar-refractivity contribution is 5.98. The monoisotopic (exact) mass is 436 g/mol. The van der Waals surface area contributed by atoms with E-state index in [-0.39, 0.29) is 36.2 Å². The Labute approximate surface area is 183 Å². The van der Waals surface area contributed by atoms with Gasteiger partial charge < -0.3 is 16.0 Å². The van der Waals surface area contributed by atoms with E-state index >= 15 is 0 Å². The van der Waals surface area contributed by atoms with Crippen LogP contribution in [-0.4, -0.2) is 39.2 Å². The van der Waals surface area contributed by atoms with Gasteiger partial charge in [-0.1, -0.05) is 12.1 Å². The van der Waals surface area contributed by atoms with E-state index in [2.05, 4.69) is 30.9 Å². The molecule has 0 radical (unpaired) electrons. The number of halogens is 1. The van der Waals surface area contributed by atoms with Crippen LogP contribution in [0.1, 0.15) is 37.7 Å². The molecule has 3 rings (SSSR count). The summed E-state index contributed by atoms with van der Waals surface area (Å²) in [6.45, 7) is 1.86. The van der Waals surface area contributed by atoms with Crippen molar-refractivity contribution >= 4 is 17.7 Å². The van der Waals surface area contributed by atoms with Gasteiger partial charge in [-0.3, -0.25) is 19.4 Å². The maximum Gasteiger partial charge on any atom is 0.270 e. The number of hydrogen-bond acceptors (Lipinski definition) is 6. The summed E-state index contributed by atoms with van der Waals surface area (Å²) in [6.07, 6.45) is 4.33. The van der Waals surface area contributed by atoms with Gasteiger partial charge in [0.1, 0.15) is 23.5 Å². The molecular weight excluding hydrogens is 415 g/mol. The highest BCUT2D eigenvalue weighted by atomic mass is 19.1. The molecule has 9 nitrogen and oxygen atoms in total. The largest absolute Gasteiger partial charge is 0.350 e. The van der Waals surface area contributed by atoms with Crippen LogP contribution in [-0.2, 0) is 17.9 Å². The second kappa shape index (κ2) is 10.7. The number of nitrogens with one attached hydrogen (secondary N) is 3. The number of hydrogen-bond donors (Lipinski definition) is 3. The Morgan fingerprint density at radius 1 is 0.844 bits per heavy atom. The first-order valence-electron chi connectivity index (χ1n) is 9.71. The van der Waals surface area contributed by atoms with Gasteiger partial charge in [0.25, 0.3) is 11.8 Å². The molecule has 3 N–H and O–H groups in total. The second-order valence-corrected chi connectivity index (χ2v) is 6.87. The Morgan fingerprint density at radius 3 is 2.19 bits per heavy atom. The number of nitrogens with zero attached hydrogens (tertiary/aromatic N) is 3. The fraction of sp³-hybridized carbons (Fsp3) is 0.182. The third-order valence-corrected chi connectivity index (χ3v) is 4.46. The van der Waals surface area contributed by atoms with Crippen LogP contribution in [0.4, 0.5) is 4.39 Å². The van der Waals surface area contributed by atoms with Gasteiger partial charge in [0.2, 0.25) is 5.91 Å². The van der Waals surface area contributed by atoms with Crippen molar-refractivity contribution in [3.05, 3.63) is 89.0 Å². The number of carbonyl (C=O) groups excluding carboxylic acids is 3. The molecule has 0 bridgehead atoms. The molecule has 0 saturated heterocycles. The van der Waals surface area contributed by atoms with E-state index in [0.717, 1.165) is 17.5 Å². The molecule has 0 fully saturated rings. The number of carbonyl (C=O) groups is 3. The smallest absolute Gasteiger partial charge is 0.270 e. The zero-order valence-corrected chi connectivity index (χ0v) is 17.3. The van der Waals surface area contributed by atoms with Gasteiger partial charge in [-0.15, -0.1) is 0 Å². The fourth-order valence-corrected chi connectivity index (χ4v) is 2.71. The quantitative estimate of drug-likeness (QED) is 0.489. The van der Waals surface area contributed by atoms with Crippen LogP contribution < -0.4 is 16.0 Å². The van der Waals surface area contributed by atoms with Gasteiger partial charge >= 0.3 is 0 Å². The molecule has 0 unspecified atom stereocenters. The van der Waals surface area contributed by atoms with Crippen LogP contribution in [0.3, 0.4) is 0 Å². The molecule has 0 aliphatic rings. The number of aromatic nitrogens is 3. The minimum absolute atomic E-state index is 0.00822. The molecule has 3 amide bonds. The molecule has 10 heteroatoms. The van der Waals surface area contributed by atoms with Gasteiger partial charge in [-0.25, -0.2) is 14.4 Å². The number of rotatable bonds is 8. The molecule has 164 valence electrons. The van der Waals surface area contributed by atoms with Crippen LogP contribution >= 0.6 is 0 Å². The molecular formula is C22H21FN6O3. The van der Waals surface area contributed by atoms with E-state index in [1.54, 1.807) is 43.6 Å². The van der Waals surface area contributed by atoms with E-state index < -0.39 is 11.8 Å². The van der Waals surface area contributed by atoms with Gasteiger partial charge in [0.15, 0.2) is 0 Å². The van der Waals surface area contributed by atoms with Crippen molar-refractivity contribution in [1.29, 1.82) is 0 Å². The van der Waals surface area contributed by atoms with E-state index in [0.29, 0.717) is 12.1 Å². The summed E-state index contributed by atoms with van der Waals surface area (Å²) in [5.74, 6) is -1.83. The van der Waals surface area contributed by atoms with E-state index in [1.807, 2.05) is 0 Å². The Morgan fingerprint density at radius 2 is 1.50 bits per heavy atom. The lowest BCUT2D eigenvalue weighted by Crippen LogP contribution is -2.37. The summed E-state index contributed by atoms with van der Waals surface area (Å²) < 4.78 is 13.3. The van der Waals surface area contributed by atoms with E-state index in [1.165, 1.54) is 12.1 Å². The Hall–Kier alpha value is -4.21. The fourth-order valence-electron chi connectivity index (χ4n) is 2.71. The van der Waals surface area contributed by atoms with Crippen molar-refractivity contribution in [2.45, 2.75) is 20.0 Å². The normalized spacial score (nSPS) is 10.3. The summed E-state index contributed by atoms with van der Waals surface area (Å²) in [5, 5.41) is 7.78. The summed E-state index contributed by atoms with van der Waals surface area (Å²) in [4.78, 5) is 48.2. The highest BCUT2D eigenvalue weighted by Crippen LogP contribution is 2.09. The lowest BCUT2D eigenvalue weighted by molar-refractivity contribution is -0.120. The minimum atomic E-state index is -0.616. The molecule has 0 atom stereocenters. The highest BCUT2D eigenvalue weighted by Gasteiger charge is 2.14. The molecule has 0 aliphatic heterocycles. The van der Waals surface area contributed by atoms with Crippen molar-refractivity contribution in [3.8, 4) is 0 Å². The predicted octanol–water partition coefficient (Wildman–Crippen LogP) is 1.30. The first-order chi connectivity index (χ1) is 15.4. The molecule has 2 heterocycles. The maximum atomic E-state index is 13.3. The predicted molar refractivity (Wildman–Crippen MR) is 113 cm³/mol. The van der Waals surface area contributed by atoms with E-state index in [4.69, 9.17) is 0 Å². The molecule has 0 saturated carbocycles. The van der Waals surface area contributed by atoms with Crippen molar-refractivity contribution in [2.24, 2.45) is 0 Å². The lowest BCUT2D eigenvalue weighted by atomic mass is 10.1. The van der Waals surface area contributed by atoms with Crippen molar-refractivity contribution in [1.82, 2.24) is 30.9 Å². The molecule has 32 heavy (non-hydrogen) atoms. The minimum Gasteiger partial charge on any atom is -0.350 e. The number of aryl methyl sites for hydroxylation is 1. The zero-order valence-electron chi connectivity index (χ0n) is 17.3. The van der Waals surface area contributed by atoms with Crippen LogP contribution in [0.5, 0.6) is 0 Å². The number of pyridine rings is 1. The molecule has 2 aromatic heterocycles. The standard InChI is InChI=1S/C22H21FN6O3/c1-14-8-16(2-3-17(14)23)11-26-21(31)18-9-19(29-13-28-18)22(32)27-12-20(30)25-10-15-4-6-24-7-5-15/h2-9,13H,10-12H2,1H3,(H,25,30)(H,26,31)(H,27,32). The third kappa shape index (κ3) is 6.39. The topological polar surface area (TPSA) is 126 Å². The molecule has 1 aromatic carbocycles. The van der Waals surface area contributed by atoms with Crippen molar-refractivity contribution in [3.63, 3.8) is 0 Å². The molecule has 3 aromatic rings. The summed E-state index contributed by atoms with van der Waals surface area (Å²) in [6, 6.07) is 9.30. The first-order valence-corrected chi connectivity index (χ1v) is 9.71. The summed E-state index contributed by atoms with van der Waals surface area (Å²) in [5.41, 5.74) is 2.02. The third-order valence-electron chi connectivity index (χ3n) is 4.46. The Bertz CT molecular complexity index is 1120. The Balaban J connectivity index is 1.50. The number of benzene rings is 1.